The van der Waals surface area contributed by atoms with Gasteiger partial charge in [0.2, 0.25) is 5.91 Å². The minimum absolute atomic E-state index is 0.127. The van der Waals surface area contributed by atoms with Gasteiger partial charge < -0.3 is 14.8 Å². The van der Waals surface area contributed by atoms with Crippen molar-refractivity contribution in [3.63, 3.8) is 0 Å². The third-order valence-corrected chi connectivity index (χ3v) is 4.34. The average molecular weight is 320 g/mol. The van der Waals surface area contributed by atoms with E-state index in [9.17, 15) is 13.2 Å². The van der Waals surface area contributed by atoms with Gasteiger partial charge in [-0.3, -0.25) is 4.79 Å². The molecule has 1 aromatic rings. The lowest BCUT2D eigenvalue weighted by atomic mass is 10.1. The van der Waals surface area contributed by atoms with E-state index < -0.39 is 9.05 Å². The molecule has 1 heterocycles. The summed E-state index contributed by atoms with van der Waals surface area (Å²) >= 11 is 0. The first-order valence-electron chi connectivity index (χ1n) is 5.93. The first-order chi connectivity index (χ1) is 9.41. The smallest absolute Gasteiger partial charge is 0.265 e. The Balaban J connectivity index is 2.23. The largest absolute Gasteiger partial charge is 0.495 e. The van der Waals surface area contributed by atoms with Crippen LogP contribution in [0.1, 0.15) is 6.42 Å². The Bertz CT molecular complexity index is 610. The standard InChI is InChI=1S/C12H14ClNO5S/c1-18-10-3-2-9(6-11(10)20(13,16)17)14-12(15)8-4-5-19-7-8/h2-3,6,8H,4-5,7H2,1H3,(H,14,15). The van der Waals surface area contributed by atoms with Crippen molar-refractivity contribution in [1.29, 1.82) is 0 Å². The lowest BCUT2D eigenvalue weighted by molar-refractivity contribution is -0.119. The molecular formula is C12H14ClNO5S. The maximum absolute atomic E-state index is 11.9. The molecule has 2 rings (SSSR count). The van der Waals surface area contributed by atoms with Gasteiger partial charge in [0.25, 0.3) is 9.05 Å². The Hall–Kier alpha value is -1.31. The molecule has 20 heavy (non-hydrogen) atoms. The molecule has 1 unspecified atom stereocenters. The molecule has 1 amide bonds. The van der Waals surface area contributed by atoms with E-state index in [1.165, 1.54) is 19.2 Å². The Morgan fingerprint density at radius 1 is 1.50 bits per heavy atom. The molecule has 0 aliphatic carbocycles. The molecule has 1 aromatic carbocycles. The number of nitrogens with one attached hydrogen (secondary N) is 1. The summed E-state index contributed by atoms with van der Waals surface area (Å²) in [4.78, 5) is 11.7. The summed E-state index contributed by atoms with van der Waals surface area (Å²) < 4.78 is 33.0. The van der Waals surface area contributed by atoms with Crippen molar-refractivity contribution in [1.82, 2.24) is 0 Å². The van der Waals surface area contributed by atoms with E-state index in [1.807, 2.05) is 0 Å². The summed E-state index contributed by atoms with van der Waals surface area (Å²) in [7, 11) is 2.73. The van der Waals surface area contributed by atoms with Crippen LogP contribution in [0.5, 0.6) is 5.75 Å². The molecule has 0 saturated carbocycles. The molecule has 0 aromatic heterocycles. The zero-order valence-electron chi connectivity index (χ0n) is 10.8. The SMILES string of the molecule is COc1ccc(NC(=O)C2CCOC2)cc1S(=O)(=O)Cl. The second-order valence-corrected chi connectivity index (χ2v) is 6.89. The molecule has 1 N–H and O–H groups in total. The second kappa shape index (κ2) is 5.99. The summed E-state index contributed by atoms with van der Waals surface area (Å²) in [5, 5.41) is 2.65. The number of carbonyl (C=O) groups excluding carboxylic acids is 1. The topological polar surface area (TPSA) is 81.7 Å². The van der Waals surface area contributed by atoms with E-state index in [0.717, 1.165) is 0 Å². The van der Waals surface area contributed by atoms with E-state index in [4.69, 9.17) is 20.2 Å². The van der Waals surface area contributed by atoms with Crippen LogP contribution in [-0.4, -0.2) is 34.6 Å². The van der Waals surface area contributed by atoms with Crippen molar-refractivity contribution in [2.45, 2.75) is 11.3 Å². The third kappa shape index (κ3) is 3.41. The van der Waals surface area contributed by atoms with Crippen molar-refractivity contribution in [3.05, 3.63) is 18.2 Å². The van der Waals surface area contributed by atoms with Crippen molar-refractivity contribution in [2.24, 2.45) is 5.92 Å². The lowest BCUT2D eigenvalue weighted by Crippen LogP contribution is -2.22. The molecule has 0 radical (unpaired) electrons. The van der Waals surface area contributed by atoms with Crippen LogP contribution in [0.15, 0.2) is 23.1 Å². The zero-order chi connectivity index (χ0) is 14.8. The van der Waals surface area contributed by atoms with Gasteiger partial charge in [0.15, 0.2) is 0 Å². The molecule has 1 saturated heterocycles. The minimum Gasteiger partial charge on any atom is -0.495 e. The van der Waals surface area contributed by atoms with Gasteiger partial charge in [-0.05, 0) is 24.6 Å². The maximum Gasteiger partial charge on any atom is 0.265 e. The van der Waals surface area contributed by atoms with Gasteiger partial charge in [-0.15, -0.1) is 0 Å². The first-order valence-corrected chi connectivity index (χ1v) is 8.24. The summed E-state index contributed by atoms with van der Waals surface area (Å²) in [6.45, 7) is 0.935. The van der Waals surface area contributed by atoms with Gasteiger partial charge in [-0.25, -0.2) is 8.42 Å². The molecule has 8 heteroatoms. The number of methoxy groups -OCH3 is 1. The summed E-state index contributed by atoms with van der Waals surface area (Å²) in [5.74, 6) is -0.291. The third-order valence-electron chi connectivity index (χ3n) is 2.99. The number of anilines is 1. The van der Waals surface area contributed by atoms with Crippen molar-refractivity contribution < 1.29 is 22.7 Å². The number of carbonyl (C=O) groups is 1. The number of ether oxygens (including phenoxy) is 2. The molecular weight excluding hydrogens is 306 g/mol. The minimum atomic E-state index is -3.95. The fourth-order valence-electron chi connectivity index (χ4n) is 1.93. The van der Waals surface area contributed by atoms with Crippen LogP contribution in [0.25, 0.3) is 0 Å². The predicted molar refractivity (Wildman–Crippen MR) is 73.6 cm³/mol. The Kier molecular flexibility index (Phi) is 4.52. The molecule has 1 fully saturated rings. The summed E-state index contributed by atoms with van der Waals surface area (Å²) in [6.07, 6.45) is 0.655. The van der Waals surface area contributed by atoms with Gasteiger partial charge in [0.1, 0.15) is 10.6 Å². The van der Waals surface area contributed by atoms with Crippen LogP contribution in [0.4, 0.5) is 5.69 Å². The van der Waals surface area contributed by atoms with Crippen molar-refractivity contribution >= 4 is 31.3 Å². The number of rotatable bonds is 4. The number of hydrogen-bond donors (Lipinski definition) is 1. The normalized spacial score (nSPS) is 18.8. The highest BCUT2D eigenvalue weighted by atomic mass is 35.7. The Labute approximate surface area is 121 Å². The van der Waals surface area contributed by atoms with Crippen LogP contribution in [0.2, 0.25) is 0 Å². The van der Waals surface area contributed by atoms with Gasteiger partial charge in [0.05, 0.1) is 19.6 Å². The molecule has 1 atom stereocenters. The van der Waals surface area contributed by atoms with Crippen molar-refractivity contribution in [3.8, 4) is 5.75 Å². The monoisotopic (exact) mass is 319 g/mol. The second-order valence-electron chi connectivity index (χ2n) is 4.35. The molecule has 1 aliphatic rings. The highest BCUT2D eigenvalue weighted by Gasteiger charge is 2.24. The average Bonchev–Trinajstić information content (AvgIpc) is 2.91. The maximum atomic E-state index is 11.9. The number of amides is 1. The summed E-state index contributed by atoms with van der Waals surface area (Å²) in [5.41, 5.74) is 0.349. The summed E-state index contributed by atoms with van der Waals surface area (Å²) in [6, 6.07) is 4.27. The number of benzene rings is 1. The fourth-order valence-corrected chi connectivity index (χ4v) is 2.95. The van der Waals surface area contributed by atoms with E-state index in [0.29, 0.717) is 25.3 Å². The zero-order valence-corrected chi connectivity index (χ0v) is 12.3. The fraction of sp³-hybridized carbons (Fsp3) is 0.417. The van der Waals surface area contributed by atoms with E-state index >= 15 is 0 Å². The molecule has 110 valence electrons. The molecule has 0 bridgehead atoms. The van der Waals surface area contributed by atoms with Crippen LogP contribution in [0.3, 0.4) is 0 Å². The Morgan fingerprint density at radius 3 is 2.80 bits per heavy atom. The van der Waals surface area contributed by atoms with Gasteiger partial charge >= 0.3 is 0 Å². The lowest BCUT2D eigenvalue weighted by Gasteiger charge is -2.11. The number of hydrogen-bond acceptors (Lipinski definition) is 5. The molecule has 6 nitrogen and oxygen atoms in total. The van der Waals surface area contributed by atoms with Gasteiger partial charge in [0, 0.05) is 23.0 Å². The van der Waals surface area contributed by atoms with E-state index in [-0.39, 0.29) is 22.5 Å². The van der Waals surface area contributed by atoms with E-state index in [1.54, 1.807) is 6.07 Å². The van der Waals surface area contributed by atoms with Crippen LogP contribution >= 0.6 is 10.7 Å². The number of halogens is 1. The predicted octanol–water partition coefficient (Wildman–Crippen LogP) is 1.60. The van der Waals surface area contributed by atoms with Crippen LogP contribution < -0.4 is 10.1 Å². The highest BCUT2D eigenvalue weighted by Crippen LogP contribution is 2.30. The highest BCUT2D eigenvalue weighted by molar-refractivity contribution is 8.13. The van der Waals surface area contributed by atoms with Gasteiger partial charge in [-0.2, -0.15) is 0 Å². The quantitative estimate of drug-likeness (QED) is 0.852. The van der Waals surface area contributed by atoms with Crippen molar-refractivity contribution in [2.75, 3.05) is 25.6 Å². The first kappa shape index (κ1) is 15.1. The van der Waals surface area contributed by atoms with E-state index in [2.05, 4.69) is 5.32 Å². The van der Waals surface area contributed by atoms with Crippen LogP contribution in [0, 0.1) is 5.92 Å². The van der Waals surface area contributed by atoms with Gasteiger partial charge in [-0.1, -0.05) is 0 Å². The molecule has 0 spiro atoms. The Morgan fingerprint density at radius 2 is 2.25 bits per heavy atom. The van der Waals surface area contributed by atoms with Crippen LogP contribution in [-0.2, 0) is 18.6 Å². The molecule has 1 aliphatic heterocycles.